The molecule has 0 saturated carbocycles. The number of alkyl halides is 1. The van der Waals surface area contributed by atoms with Crippen LogP contribution in [0.4, 0.5) is 0 Å². The average Bonchev–Trinajstić information content (AvgIpc) is 2.41. The highest BCUT2D eigenvalue weighted by Crippen LogP contribution is 2.37. The first-order valence-electron chi connectivity index (χ1n) is 6.78. The van der Waals surface area contributed by atoms with E-state index in [-0.39, 0.29) is 0 Å². The van der Waals surface area contributed by atoms with Gasteiger partial charge in [-0.05, 0) is 30.4 Å². The van der Waals surface area contributed by atoms with Crippen LogP contribution in [0.5, 0.6) is 0 Å². The number of halogens is 1. The van der Waals surface area contributed by atoms with Gasteiger partial charge in [0.2, 0.25) is 0 Å². The Morgan fingerprint density at radius 2 is 2.28 bits per heavy atom. The smallest absolute Gasteiger partial charge is 0.0330 e. The SMILES string of the molecule is C=CC(CC)C1=CC(I)CC=C1C1C=CC=CC1. The molecule has 0 aromatic heterocycles. The molecule has 18 heavy (non-hydrogen) atoms. The fourth-order valence-electron chi connectivity index (χ4n) is 2.74. The summed E-state index contributed by atoms with van der Waals surface area (Å²) in [7, 11) is 0. The number of hydrogen-bond donors (Lipinski definition) is 0. The topological polar surface area (TPSA) is 0 Å². The van der Waals surface area contributed by atoms with Crippen LogP contribution in [0.1, 0.15) is 26.2 Å². The summed E-state index contributed by atoms with van der Waals surface area (Å²) in [5.41, 5.74) is 3.05. The average molecular weight is 352 g/mol. The number of hydrogen-bond acceptors (Lipinski definition) is 0. The van der Waals surface area contributed by atoms with E-state index in [0.29, 0.717) is 15.8 Å². The zero-order chi connectivity index (χ0) is 13.0. The first kappa shape index (κ1) is 13.9. The van der Waals surface area contributed by atoms with E-state index >= 15 is 0 Å². The minimum absolute atomic E-state index is 0.508. The Morgan fingerprint density at radius 1 is 1.44 bits per heavy atom. The van der Waals surface area contributed by atoms with Gasteiger partial charge >= 0.3 is 0 Å². The summed E-state index contributed by atoms with van der Waals surface area (Å²) >= 11 is 2.53. The van der Waals surface area contributed by atoms with Crippen LogP contribution < -0.4 is 0 Å². The van der Waals surface area contributed by atoms with Crippen molar-refractivity contribution in [1.82, 2.24) is 0 Å². The molecule has 0 N–H and O–H groups in total. The van der Waals surface area contributed by atoms with Crippen LogP contribution in [0.3, 0.4) is 0 Å². The Kier molecular flexibility index (Phi) is 5.04. The predicted molar refractivity (Wildman–Crippen MR) is 89.0 cm³/mol. The lowest BCUT2D eigenvalue weighted by Gasteiger charge is -2.28. The molecule has 2 aliphatic carbocycles. The van der Waals surface area contributed by atoms with Crippen molar-refractivity contribution in [3.8, 4) is 0 Å². The van der Waals surface area contributed by atoms with E-state index in [1.165, 1.54) is 17.6 Å². The lowest BCUT2D eigenvalue weighted by Crippen LogP contribution is -2.15. The van der Waals surface area contributed by atoms with Gasteiger partial charge in [0.05, 0.1) is 0 Å². The van der Waals surface area contributed by atoms with Crippen molar-refractivity contribution in [3.05, 3.63) is 60.3 Å². The monoisotopic (exact) mass is 352 g/mol. The van der Waals surface area contributed by atoms with E-state index in [1.807, 2.05) is 0 Å². The highest BCUT2D eigenvalue weighted by Gasteiger charge is 2.23. The Balaban J connectivity index is 2.27. The minimum atomic E-state index is 0.508. The first-order chi connectivity index (χ1) is 8.76. The molecule has 0 radical (unpaired) electrons. The highest BCUT2D eigenvalue weighted by molar-refractivity contribution is 14.1. The molecule has 0 nitrogen and oxygen atoms in total. The molecule has 96 valence electrons. The molecular weight excluding hydrogens is 331 g/mol. The zero-order valence-electron chi connectivity index (χ0n) is 11.0. The maximum atomic E-state index is 4.01. The van der Waals surface area contributed by atoms with Crippen molar-refractivity contribution in [1.29, 1.82) is 0 Å². The van der Waals surface area contributed by atoms with Gasteiger partial charge in [0.1, 0.15) is 0 Å². The third-order valence-corrected chi connectivity index (χ3v) is 4.63. The Bertz CT molecular complexity index is 423. The molecule has 0 bridgehead atoms. The molecule has 2 rings (SSSR count). The summed E-state index contributed by atoms with van der Waals surface area (Å²) in [6.07, 6.45) is 19.4. The van der Waals surface area contributed by atoms with Crippen molar-refractivity contribution in [3.63, 3.8) is 0 Å². The van der Waals surface area contributed by atoms with Gasteiger partial charge in [-0.25, -0.2) is 0 Å². The van der Waals surface area contributed by atoms with E-state index in [4.69, 9.17) is 0 Å². The molecule has 0 fully saturated rings. The Hall–Kier alpha value is -0.570. The van der Waals surface area contributed by atoms with Crippen molar-refractivity contribution in [2.45, 2.75) is 30.1 Å². The van der Waals surface area contributed by atoms with Crippen LogP contribution in [0.2, 0.25) is 0 Å². The molecule has 3 atom stereocenters. The number of allylic oxidation sites excluding steroid dienone is 9. The predicted octanol–water partition coefficient (Wildman–Crippen LogP) is 5.39. The van der Waals surface area contributed by atoms with Crippen molar-refractivity contribution in [2.75, 3.05) is 0 Å². The molecule has 2 aliphatic rings. The molecule has 0 aromatic rings. The second-order valence-corrected chi connectivity index (χ2v) is 6.54. The van der Waals surface area contributed by atoms with Crippen molar-refractivity contribution < 1.29 is 0 Å². The molecule has 0 spiro atoms. The van der Waals surface area contributed by atoms with E-state index in [0.717, 1.165) is 12.8 Å². The highest BCUT2D eigenvalue weighted by atomic mass is 127. The van der Waals surface area contributed by atoms with Gasteiger partial charge in [-0.2, -0.15) is 0 Å². The summed E-state index contributed by atoms with van der Waals surface area (Å²) in [6, 6.07) is 0. The standard InChI is InChI=1S/C17H21I/c1-3-13(4-2)17-12-15(18)10-11-16(17)14-8-6-5-7-9-14/h3,5-8,11-15H,1,4,9-10H2,2H3. The molecule has 1 heteroatoms. The Labute approximate surface area is 124 Å². The lowest BCUT2D eigenvalue weighted by atomic mass is 9.78. The number of rotatable bonds is 4. The molecular formula is C17H21I. The van der Waals surface area contributed by atoms with Gasteiger partial charge in [0, 0.05) is 15.8 Å². The fourth-order valence-corrected chi connectivity index (χ4v) is 3.39. The summed E-state index contributed by atoms with van der Waals surface area (Å²) in [5.74, 6) is 1.08. The normalized spacial score (nSPS) is 28.6. The maximum absolute atomic E-state index is 4.01. The molecule has 0 aromatic carbocycles. The van der Waals surface area contributed by atoms with Crippen molar-refractivity contribution in [2.24, 2.45) is 11.8 Å². The first-order valence-corrected chi connectivity index (χ1v) is 8.03. The van der Waals surface area contributed by atoms with E-state index in [1.54, 1.807) is 0 Å². The second-order valence-electron chi connectivity index (χ2n) is 4.94. The van der Waals surface area contributed by atoms with Crippen LogP contribution in [0.15, 0.2) is 60.3 Å². The second kappa shape index (κ2) is 6.55. The van der Waals surface area contributed by atoms with Crippen molar-refractivity contribution >= 4 is 22.6 Å². The molecule has 0 heterocycles. The van der Waals surface area contributed by atoms with Gasteiger partial charge in [-0.15, -0.1) is 6.58 Å². The van der Waals surface area contributed by atoms with Gasteiger partial charge in [-0.1, -0.05) is 72.0 Å². The fraction of sp³-hybridized carbons (Fsp3) is 0.412. The summed E-state index contributed by atoms with van der Waals surface area (Å²) in [6.45, 7) is 6.26. The molecule has 0 aliphatic heterocycles. The minimum Gasteiger partial charge on any atom is -0.102 e. The summed E-state index contributed by atoms with van der Waals surface area (Å²) in [5, 5.41) is 0. The third-order valence-electron chi connectivity index (χ3n) is 3.76. The quantitative estimate of drug-likeness (QED) is 0.361. The van der Waals surface area contributed by atoms with Crippen LogP contribution in [-0.2, 0) is 0 Å². The van der Waals surface area contributed by atoms with Crippen LogP contribution in [0, 0.1) is 11.8 Å². The van der Waals surface area contributed by atoms with E-state index in [9.17, 15) is 0 Å². The largest absolute Gasteiger partial charge is 0.102 e. The van der Waals surface area contributed by atoms with Gasteiger partial charge in [0.25, 0.3) is 0 Å². The zero-order valence-corrected chi connectivity index (χ0v) is 13.1. The third kappa shape index (κ3) is 3.05. The molecule has 0 saturated heterocycles. The van der Waals surface area contributed by atoms with Crippen LogP contribution in [0.25, 0.3) is 0 Å². The molecule has 0 amide bonds. The van der Waals surface area contributed by atoms with Crippen LogP contribution in [-0.4, -0.2) is 3.92 Å². The van der Waals surface area contributed by atoms with E-state index in [2.05, 4.69) is 78.6 Å². The lowest BCUT2D eigenvalue weighted by molar-refractivity contribution is 0.672. The van der Waals surface area contributed by atoms with Crippen LogP contribution >= 0.6 is 22.6 Å². The van der Waals surface area contributed by atoms with Gasteiger partial charge in [0.15, 0.2) is 0 Å². The summed E-state index contributed by atoms with van der Waals surface area (Å²) < 4.78 is 0.637. The Morgan fingerprint density at radius 3 is 2.89 bits per heavy atom. The summed E-state index contributed by atoms with van der Waals surface area (Å²) in [4.78, 5) is 0. The molecule has 3 unspecified atom stereocenters. The maximum Gasteiger partial charge on any atom is 0.0330 e. The van der Waals surface area contributed by atoms with E-state index < -0.39 is 0 Å². The van der Waals surface area contributed by atoms with Gasteiger partial charge in [-0.3, -0.25) is 0 Å². The van der Waals surface area contributed by atoms with Gasteiger partial charge < -0.3 is 0 Å².